The number of anilines is 1. The number of hydrogen-bond acceptors (Lipinski definition) is 4. The summed E-state index contributed by atoms with van der Waals surface area (Å²) in [5.41, 5.74) is 0.109. The molecule has 0 aliphatic rings. The summed E-state index contributed by atoms with van der Waals surface area (Å²) < 4.78 is 49.8. The fraction of sp³-hybridized carbons (Fsp3) is 0. The Kier molecular flexibility index (Phi) is 4.38. The quantitative estimate of drug-likeness (QED) is 0.830. The lowest BCUT2D eigenvalue weighted by molar-refractivity contribution is 0.596. The van der Waals surface area contributed by atoms with Crippen molar-refractivity contribution in [3.63, 3.8) is 0 Å². The summed E-state index contributed by atoms with van der Waals surface area (Å²) in [6.07, 6.45) is 0. The third kappa shape index (κ3) is 3.82. The van der Waals surface area contributed by atoms with Crippen molar-refractivity contribution in [1.82, 2.24) is 0 Å². The lowest BCUT2D eigenvalue weighted by Gasteiger charge is -2.10. The van der Waals surface area contributed by atoms with Gasteiger partial charge in [0.2, 0.25) is 10.0 Å². The van der Waals surface area contributed by atoms with Gasteiger partial charge in [-0.3, -0.25) is 4.72 Å². The molecule has 2 rings (SSSR count). The molecule has 2 aromatic rings. The molecule has 0 aromatic heterocycles. The summed E-state index contributed by atoms with van der Waals surface area (Å²) >= 11 is 3.16. The van der Waals surface area contributed by atoms with Crippen LogP contribution in [0, 0.1) is 0 Å². The highest BCUT2D eigenvalue weighted by Gasteiger charge is 2.18. The van der Waals surface area contributed by atoms with Crippen LogP contribution in [0.1, 0.15) is 0 Å². The molecule has 0 aliphatic carbocycles. The van der Waals surface area contributed by atoms with E-state index in [1.54, 1.807) is 18.2 Å². The van der Waals surface area contributed by atoms with Crippen LogP contribution in [-0.4, -0.2) is 16.8 Å². The molecule has 0 fully saturated rings. The van der Waals surface area contributed by atoms with Gasteiger partial charge in [-0.25, -0.2) is 22.0 Å². The minimum absolute atomic E-state index is 0.0472. The summed E-state index contributed by atoms with van der Waals surface area (Å²) in [5.74, 6) is 0. The van der Waals surface area contributed by atoms with Gasteiger partial charge in [0.1, 0.15) is 4.90 Å². The van der Waals surface area contributed by atoms with Crippen LogP contribution in [0.4, 0.5) is 5.69 Å². The molecule has 9 heteroatoms. The third-order valence-corrected chi connectivity index (χ3v) is 5.85. The van der Waals surface area contributed by atoms with E-state index in [4.69, 9.17) is 5.14 Å². The van der Waals surface area contributed by atoms with Crippen LogP contribution >= 0.6 is 15.9 Å². The molecule has 0 bridgehead atoms. The lowest BCUT2D eigenvalue weighted by Crippen LogP contribution is -2.15. The molecule has 3 N–H and O–H groups in total. The Morgan fingerprint density at radius 2 is 1.62 bits per heavy atom. The van der Waals surface area contributed by atoms with Gasteiger partial charge in [-0.1, -0.05) is 18.2 Å². The molecule has 0 amide bonds. The molecule has 6 nitrogen and oxygen atoms in total. The van der Waals surface area contributed by atoms with Crippen molar-refractivity contribution in [3.8, 4) is 0 Å². The molecule has 0 radical (unpaired) electrons. The minimum Gasteiger partial charge on any atom is -0.280 e. The molecule has 0 atom stereocenters. The second-order valence-electron chi connectivity index (χ2n) is 4.11. The number of hydrogen-bond donors (Lipinski definition) is 2. The number of benzene rings is 2. The first-order valence-corrected chi connectivity index (χ1v) is 9.42. The van der Waals surface area contributed by atoms with E-state index < -0.39 is 20.0 Å². The molecular weight excluding hydrogens is 380 g/mol. The number of halogens is 1. The minimum atomic E-state index is -3.90. The second kappa shape index (κ2) is 5.76. The predicted molar refractivity (Wildman–Crippen MR) is 82.8 cm³/mol. The molecule has 0 saturated carbocycles. The highest BCUT2D eigenvalue weighted by atomic mass is 79.9. The molecular formula is C12H11BrN2O4S2. The fourth-order valence-corrected chi connectivity index (χ4v) is 4.22. The standard InChI is InChI=1S/C12H11BrN2O4S2/c13-11-6-1-2-7-12(11)21(18,19)15-9-4-3-5-10(8-9)20(14,16)17/h1-8,15H,(H2,14,16,17). The van der Waals surface area contributed by atoms with Gasteiger partial charge in [0.15, 0.2) is 0 Å². The van der Waals surface area contributed by atoms with Gasteiger partial charge in [0.05, 0.1) is 10.6 Å². The molecule has 0 unspecified atom stereocenters. The van der Waals surface area contributed by atoms with E-state index in [0.717, 1.165) is 6.07 Å². The monoisotopic (exact) mass is 390 g/mol. The second-order valence-corrected chi connectivity index (χ2v) is 8.18. The van der Waals surface area contributed by atoms with Gasteiger partial charge >= 0.3 is 0 Å². The first kappa shape index (κ1) is 16.0. The number of rotatable bonds is 4. The fourth-order valence-electron chi connectivity index (χ4n) is 1.61. The van der Waals surface area contributed by atoms with Crippen LogP contribution in [0.5, 0.6) is 0 Å². The van der Waals surface area contributed by atoms with Crippen LogP contribution in [0.15, 0.2) is 62.8 Å². The summed E-state index contributed by atoms with van der Waals surface area (Å²) in [6.45, 7) is 0. The van der Waals surface area contributed by atoms with E-state index in [1.807, 2.05) is 0 Å². The zero-order chi connectivity index (χ0) is 15.7. The Bertz CT molecular complexity index is 880. The average Bonchev–Trinajstić information content (AvgIpc) is 2.37. The zero-order valence-corrected chi connectivity index (χ0v) is 13.7. The van der Waals surface area contributed by atoms with E-state index >= 15 is 0 Å². The molecule has 0 saturated heterocycles. The number of nitrogens with two attached hydrogens (primary N) is 1. The van der Waals surface area contributed by atoms with Crippen molar-refractivity contribution in [2.24, 2.45) is 5.14 Å². The Morgan fingerprint density at radius 1 is 0.952 bits per heavy atom. The molecule has 21 heavy (non-hydrogen) atoms. The molecule has 2 aromatic carbocycles. The van der Waals surface area contributed by atoms with E-state index in [-0.39, 0.29) is 15.5 Å². The third-order valence-electron chi connectivity index (χ3n) is 2.54. The van der Waals surface area contributed by atoms with Crippen molar-refractivity contribution in [1.29, 1.82) is 0 Å². The Hall–Kier alpha value is -1.42. The Labute approximate surface area is 131 Å². The smallest absolute Gasteiger partial charge is 0.263 e. The molecule has 0 aliphatic heterocycles. The maximum Gasteiger partial charge on any atom is 0.263 e. The molecule has 112 valence electrons. The van der Waals surface area contributed by atoms with E-state index in [1.165, 1.54) is 24.3 Å². The van der Waals surface area contributed by atoms with Crippen LogP contribution in [0.2, 0.25) is 0 Å². The maximum atomic E-state index is 12.3. The highest BCUT2D eigenvalue weighted by Crippen LogP contribution is 2.24. The van der Waals surface area contributed by atoms with Gasteiger partial charge in [0, 0.05) is 4.47 Å². The van der Waals surface area contributed by atoms with Gasteiger partial charge < -0.3 is 0 Å². The van der Waals surface area contributed by atoms with Crippen LogP contribution in [-0.2, 0) is 20.0 Å². The van der Waals surface area contributed by atoms with Gasteiger partial charge in [-0.2, -0.15) is 0 Å². The summed E-state index contributed by atoms with van der Waals surface area (Å²) in [7, 11) is -7.74. The van der Waals surface area contributed by atoms with Gasteiger partial charge in [-0.05, 0) is 46.3 Å². The highest BCUT2D eigenvalue weighted by molar-refractivity contribution is 9.10. The van der Waals surface area contributed by atoms with E-state index in [2.05, 4.69) is 20.7 Å². The number of nitrogens with one attached hydrogen (secondary N) is 1. The SMILES string of the molecule is NS(=O)(=O)c1cccc(NS(=O)(=O)c2ccccc2Br)c1. The Morgan fingerprint density at radius 3 is 2.24 bits per heavy atom. The lowest BCUT2D eigenvalue weighted by atomic mass is 10.3. The van der Waals surface area contributed by atoms with Crippen LogP contribution in [0.25, 0.3) is 0 Å². The number of sulfonamides is 2. The van der Waals surface area contributed by atoms with Gasteiger partial charge in [0.25, 0.3) is 10.0 Å². The van der Waals surface area contributed by atoms with Crippen molar-refractivity contribution in [2.75, 3.05) is 4.72 Å². The Balaban J connectivity index is 2.41. The van der Waals surface area contributed by atoms with Crippen molar-refractivity contribution in [3.05, 3.63) is 53.0 Å². The first-order chi connectivity index (χ1) is 9.70. The summed E-state index contributed by atoms with van der Waals surface area (Å²) in [4.78, 5) is -0.124. The average molecular weight is 391 g/mol. The van der Waals surface area contributed by atoms with Crippen LogP contribution < -0.4 is 9.86 Å². The van der Waals surface area contributed by atoms with Crippen molar-refractivity contribution in [2.45, 2.75) is 9.79 Å². The van der Waals surface area contributed by atoms with E-state index in [0.29, 0.717) is 4.47 Å². The number of primary sulfonamides is 1. The van der Waals surface area contributed by atoms with Gasteiger partial charge in [-0.15, -0.1) is 0 Å². The summed E-state index contributed by atoms with van der Waals surface area (Å²) in [5, 5.41) is 5.01. The van der Waals surface area contributed by atoms with Crippen molar-refractivity contribution < 1.29 is 16.8 Å². The molecule has 0 spiro atoms. The first-order valence-electron chi connectivity index (χ1n) is 5.60. The topological polar surface area (TPSA) is 106 Å². The maximum absolute atomic E-state index is 12.3. The zero-order valence-electron chi connectivity index (χ0n) is 10.5. The van der Waals surface area contributed by atoms with Crippen molar-refractivity contribution >= 4 is 41.7 Å². The molecule has 0 heterocycles. The predicted octanol–water partition coefficient (Wildman–Crippen LogP) is 1.90. The van der Waals surface area contributed by atoms with E-state index in [9.17, 15) is 16.8 Å². The summed E-state index contributed by atoms with van der Waals surface area (Å²) in [6, 6.07) is 11.6. The largest absolute Gasteiger partial charge is 0.280 e. The normalized spacial score (nSPS) is 12.1. The van der Waals surface area contributed by atoms with Crippen LogP contribution in [0.3, 0.4) is 0 Å².